The Labute approximate surface area is 217 Å². The van der Waals surface area contributed by atoms with Crippen LogP contribution in [0.3, 0.4) is 0 Å². The van der Waals surface area contributed by atoms with E-state index in [1.165, 1.54) is 16.1 Å². The van der Waals surface area contributed by atoms with Crippen LogP contribution in [0.2, 0.25) is 0 Å². The highest BCUT2D eigenvalue weighted by Crippen LogP contribution is 2.57. The van der Waals surface area contributed by atoms with Gasteiger partial charge in [-0.3, -0.25) is 14.3 Å². The van der Waals surface area contributed by atoms with Crippen molar-refractivity contribution in [2.24, 2.45) is 0 Å². The Balaban J connectivity index is 0.000000292. The molecule has 0 aromatic carbocycles. The summed E-state index contributed by atoms with van der Waals surface area (Å²) >= 11 is 0. The molecule has 3 aromatic heterocycles. The van der Waals surface area contributed by atoms with Crippen molar-refractivity contribution in [3.8, 4) is 0 Å². The number of nitrogens with one attached hydrogen (secondary N) is 1. The number of nitrogens with zero attached hydrogens (tertiary/aromatic N) is 7. The summed E-state index contributed by atoms with van der Waals surface area (Å²) in [5.41, 5.74) is 6.54. The van der Waals surface area contributed by atoms with Gasteiger partial charge in [0.1, 0.15) is 35.8 Å². The minimum atomic E-state index is -5.32. The molecule has 0 bridgehead atoms. The predicted molar refractivity (Wildman–Crippen MR) is 130 cm³/mol. The Morgan fingerprint density at radius 2 is 1.90 bits per heavy atom. The molecule has 8 N–H and O–H groups in total. The number of hydrogen-bond donors (Lipinski definition) is 7. The lowest BCUT2D eigenvalue weighted by molar-refractivity contribution is -0.0217. The first-order valence-corrected chi connectivity index (χ1v) is 13.8. The quantitative estimate of drug-likeness (QED) is 0.148. The number of hydrogen-bond acceptors (Lipinski definition) is 16. The van der Waals surface area contributed by atoms with Crippen LogP contribution in [-0.4, -0.2) is 99.7 Å². The third-order valence-electron chi connectivity index (χ3n) is 5.32. The normalized spacial score (nSPS) is 24.3. The molecule has 0 saturated carbocycles. The molecule has 20 nitrogen and oxygen atoms in total. The van der Waals surface area contributed by atoms with Crippen LogP contribution in [0.5, 0.6) is 0 Å². The summed E-state index contributed by atoms with van der Waals surface area (Å²) in [5, 5.41) is 20.5. The van der Waals surface area contributed by atoms with Crippen LogP contribution >= 0.6 is 15.6 Å². The molecule has 1 saturated heterocycles. The molecule has 0 radical (unpaired) electrons. The van der Waals surface area contributed by atoms with Crippen LogP contribution in [0.15, 0.2) is 29.7 Å². The van der Waals surface area contributed by atoms with Gasteiger partial charge in [-0.15, -0.1) is 0 Å². The molecule has 5 atom stereocenters. The van der Waals surface area contributed by atoms with Crippen molar-refractivity contribution >= 4 is 44.3 Å². The number of rotatable bonds is 6. The first kappa shape index (κ1) is 28.8. The number of anilines is 3. The van der Waals surface area contributed by atoms with Gasteiger partial charge in [0.25, 0.3) is 5.56 Å². The molecule has 0 spiro atoms. The molecule has 2 aliphatic rings. The van der Waals surface area contributed by atoms with E-state index in [1.54, 1.807) is 25.6 Å². The molecule has 212 valence electrons. The summed E-state index contributed by atoms with van der Waals surface area (Å²) in [6, 6.07) is 0. The highest BCUT2D eigenvalue weighted by Gasteiger charge is 2.49. The Hall–Kier alpha value is -3.16. The lowest BCUT2D eigenvalue weighted by Gasteiger charge is -2.27. The van der Waals surface area contributed by atoms with E-state index >= 15 is 0 Å². The molecule has 5 rings (SSSR count). The van der Waals surface area contributed by atoms with Crippen molar-refractivity contribution in [1.29, 1.82) is 0 Å². The first-order chi connectivity index (χ1) is 18.3. The number of phosphoric acid groups is 2. The summed E-state index contributed by atoms with van der Waals surface area (Å²) in [6.45, 7) is -0.805. The van der Waals surface area contributed by atoms with Crippen LogP contribution in [0.4, 0.5) is 17.5 Å². The van der Waals surface area contributed by atoms with Crippen molar-refractivity contribution in [2.45, 2.75) is 24.5 Å². The van der Waals surface area contributed by atoms with Crippen molar-refractivity contribution < 1.29 is 47.6 Å². The highest BCUT2D eigenvalue weighted by molar-refractivity contribution is 7.60. The average molecular weight is 591 g/mol. The van der Waals surface area contributed by atoms with Gasteiger partial charge < -0.3 is 45.2 Å². The molecule has 0 aliphatic carbocycles. The Morgan fingerprint density at radius 3 is 2.59 bits per heavy atom. The molecule has 3 aromatic rings. The Bertz CT molecular complexity index is 1420. The fraction of sp³-hybridized carbons (Fsp3) is 0.412. The molecular formula is C17H23N9O11P2. The second-order valence-corrected chi connectivity index (χ2v) is 10.9. The third-order valence-corrected chi connectivity index (χ3v) is 7.47. The van der Waals surface area contributed by atoms with Gasteiger partial charge in [-0.1, -0.05) is 0 Å². The number of aromatic nitrogens is 6. The van der Waals surface area contributed by atoms with E-state index in [9.17, 15) is 29.0 Å². The van der Waals surface area contributed by atoms with Gasteiger partial charge in [-0.25, -0.2) is 29.1 Å². The predicted octanol–water partition coefficient (Wildman–Crippen LogP) is -2.34. The van der Waals surface area contributed by atoms with E-state index in [0.29, 0.717) is 5.65 Å². The number of phosphoric ester groups is 1. The number of aromatic amines is 1. The zero-order chi connectivity index (χ0) is 28.5. The van der Waals surface area contributed by atoms with Gasteiger partial charge in [-0.05, 0) is 0 Å². The number of H-pyrrole nitrogens is 1. The van der Waals surface area contributed by atoms with Crippen LogP contribution < -0.4 is 21.1 Å². The number of fused-ring (bicyclic) bond motifs is 2. The summed E-state index contributed by atoms with van der Waals surface area (Å²) in [7, 11) is -8.91. The smallest absolute Gasteiger partial charge is 0.387 e. The van der Waals surface area contributed by atoms with Crippen molar-refractivity contribution in [3.63, 3.8) is 0 Å². The maximum atomic E-state index is 12.1. The van der Waals surface area contributed by atoms with Gasteiger partial charge in [0, 0.05) is 19.4 Å². The van der Waals surface area contributed by atoms with Gasteiger partial charge in [-0.2, -0.15) is 9.29 Å². The van der Waals surface area contributed by atoms with Crippen molar-refractivity contribution in [2.75, 3.05) is 35.9 Å². The average Bonchev–Trinajstić information content (AvgIpc) is 3.32. The maximum Gasteiger partial charge on any atom is 0.481 e. The molecule has 0 amide bonds. The van der Waals surface area contributed by atoms with Gasteiger partial charge in [0.05, 0.1) is 19.5 Å². The summed E-state index contributed by atoms with van der Waals surface area (Å²) in [5.74, 6) is -0.0954. The fourth-order valence-electron chi connectivity index (χ4n) is 3.76. The van der Waals surface area contributed by atoms with E-state index in [0.717, 1.165) is 5.52 Å². The summed E-state index contributed by atoms with van der Waals surface area (Å²) in [4.78, 5) is 63.4. The van der Waals surface area contributed by atoms with Crippen molar-refractivity contribution in [3.05, 3.63) is 35.3 Å². The molecular weight excluding hydrogens is 568 g/mol. The number of ether oxygens (including phenoxy) is 1. The van der Waals surface area contributed by atoms with Crippen LogP contribution in [-0.2, 0) is 22.7 Å². The van der Waals surface area contributed by atoms with E-state index in [2.05, 4.69) is 38.7 Å². The summed E-state index contributed by atoms with van der Waals surface area (Å²) in [6.07, 6.45) is 0.545. The fourth-order valence-corrected chi connectivity index (χ4v) is 5.36. The largest absolute Gasteiger partial charge is 0.481 e. The number of nitrogens with two attached hydrogens (primary N) is 1. The minimum Gasteiger partial charge on any atom is -0.387 e. The van der Waals surface area contributed by atoms with E-state index in [4.69, 9.17) is 20.3 Å². The summed E-state index contributed by atoms with van der Waals surface area (Å²) < 4.78 is 35.8. The molecule has 1 unspecified atom stereocenters. The lowest BCUT2D eigenvalue weighted by Crippen LogP contribution is -2.45. The number of aliphatic hydroxyl groups is 2. The standard InChI is InChI=1S/C11H19N5O11P2.C6H4N4/c1-15-3-16(8-5(15)9(19)14-11(12)13-8)10-7(18)6(17)4(26-10)2-25-29(23,24)27-28(20,21)22;1-2-9-6-5(8-1)3-7-4-10-6/h4,6-7,10,17-18H,2-3H2,1H3,(H,23,24)(H2,20,21,22)(H3,12,13,14,19);1-4H/t4-,6-,7-,10-;/m1./s1. The third kappa shape index (κ3) is 6.71. The Morgan fingerprint density at radius 1 is 1.18 bits per heavy atom. The van der Waals surface area contributed by atoms with E-state index < -0.39 is 52.4 Å². The van der Waals surface area contributed by atoms with Gasteiger partial charge in [0.2, 0.25) is 5.95 Å². The van der Waals surface area contributed by atoms with E-state index in [1.807, 2.05) is 0 Å². The van der Waals surface area contributed by atoms with Crippen molar-refractivity contribution in [1.82, 2.24) is 29.9 Å². The van der Waals surface area contributed by atoms with Gasteiger partial charge in [0.15, 0.2) is 17.7 Å². The SMILES string of the molecule is CN1CN([C@@H]2O[C@H](COP(=O)(O)OP(=O)(O)O)[C@@H](O)[C@H]2O)c2nc(N)[nH]c(=O)c21.c1cnc2ncncc2n1. The second kappa shape index (κ2) is 11.1. The monoisotopic (exact) mass is 591 g/mol. The molecule has 39 heavy (non-hydrogen) atoms. The molecule has 1 fully saturated rings. The topological polar surface area (TPSA) is 293 Å². The molecule has 5 heterocycles. The zero-order valence-corrected chi connectivity index (χ0v) is 21.6. The first-order valence-electron chi connectivity index (χ1n) is 10.8. The lowest BCUT2D eigenvalue weighted by atomic mass is 10.1. The highest BCUT2D eigenvalue weighted by atomic mass is 31.3. The minimum absolute atomic E-state index is 0.0384. The maximum absolute atomic E-state index is 12.1. The number of aliphatic hydroxyl groups excluding tert-OH is 2. The Kier molecular flexibility index (Phi) is 8.24. The molecule has 2 aliphatic heterocycles. The molecule has 22 heteroatoms. The second-order valence-electron chi connectivity index (χ2n) is 8.10. The van der Waals surface area contributed by atoms with Crippen LogP contribution in [0.1, 0.15) is 0 Å². The van der Waals surface area contributed by atoms with Gasteiger partial charge >= 0.3 is 15.6 Å². The zero-order valence-electron chi connectivity index (χ0n) is 19.8. The van der Waals surface area contributed by atoms with Crippen LogP contribution in [0, 0.1) is 0 Å². The van der Waals surface area contributed by atoms with E-state index in [-0.39, 0.29) is 24.1 Å². The number of nitrogen functional groups attached to an aromatic ring is 1. The van der Waals surface area contributed by atoms with Crippen LogP contribution in [0.25, 0.3) is 11.2 Å².